The van der Waals surface area contributed by atoms with Crippen LogP contribution in [0.4, 0.5) is 16.5 Å². The van der Waals surface area contributed by atoms with Gasteiger partial charge < -0.3 is 10.6 Å². The topological polar surface area (TPSA) is 66.9 Å². The minimum absolute atomic E-state index is 0.0515. The van der Waals surface area contributed by atoms with Gasteiger partial charge in [-0.3, -0.25) is 4.79 Å². The first-order valence-corrected chi connectivity index (χ1v) is 11.0. The van der Waals surface area contributed by atoms with E-state index in [9.17, 15) is 4.79 Å². The van der Waals surface area contributed by atoms with Crippen molar-refractivity contribution < 1.29 is 4.79 Å². The van der Waals surface area contributed by atoms with Gasteiger partial charge in [0.25, 0.3) is 0 Å². The third-order valence-corrected chi connectivity index (χ3v) is 6.63. The average molecular weight is 433 g/mol. The van der Waals surface area contributed by atoms with Crippen LogP contribution >= 0.6 is 34.7 Å². The number of carbonyl (C=O) groups is 1. The van der Waals surface area contributed by atoms with E-state index in [1.807, 2.05) is 50.2 Å². The number of aryl methyl sites for hydroxylation is 2. The molecule has 0 saturated heterocycles. The van der Waals surface area contributed by atoms with Crippen molar-refractivity contribution in [2.45, 2.75) is 31.5 Å². The minimum Gasteiger partial charge on any atom is -0.330 e. The third kappa shape index (κ3) is 5.04. The Morgan fingerprint density at radius 2 is 1.96 bits per heavy atom. The number of nitrogens with one attached hydrogen (secondary N) is 2. The molecule has 0 radical (unpaired) electrons. The first-order chi connectivity index (χ1) is 13.5. The fraction of sp³-hybridized carbons (Fsp3) is 0.250. The minimum atomic E-state index is -0.0515. The molecule has 0 atom stereocenters. The molecule has 3 aromatic rings. The molecule has 0 aliphatic carbocycles. The van der Waals surface area contributed by atoms with Gasteiger partial charge in [-0.05, 0) is 49.1 Å². The van der Waals surface area contributed by atoms with Crippen molar-refractivity contribution in [1.82, 2.24) is 10.2 Å². The number of amides is 1. The molecule has 28 heavy (non-hydrogen) atoms. The predicted octanol–water partition coefficient (Wildman–Crippen LogP) is 5.85. The van der Waals surface area contributed by atoms with Crippen LogP contribution in [0.5, 0.6) is 0 Å². The summed E-state index contributed by atoms with van der Waals surface area (Å²) in [7, 11) is 0. The molecule has 0 fully saturated rings. The van der Waals surface area contributed by atoms with Crippen LogP contribution < -0.4 is 10.6 Å². The molecule has 0 aliphatic heterocycles. The number of anilines is 3. The van der Waals surface area contributed by atoms with Crippen molar-refractivity contribution in [3.05, 3.63) is 58.1 Å². The van der Waals surface area contributed by atoms with Crippen LogP contribution in [0.3, 0.4) is 0 Å². The predicted molar refractivity (Wildman–Crippen MR) is 119 cm³/mol. The van der Waals surface area contributed by atoms with Gasteiger partial charge in [-0.2, -0.15) is 0 Å². The number of nitrogens with zero attached hydrogens (tertiary/aromatic N) is 2. The molecule has 3 rings (SSSR count). The summed E-state index contributed by atoms with van der Waals surface area (Å²) in [6.07, 6.45) is 0.874. The molecule has 0 unspecified atom stereocenters. The summed E-state index contributed by atoms with van der Waals surface area (Å²) in [6, 6.07) is 11.7. The summed E-state index contributed by atoms with van der Waals surface area (Å²) < 4.78 is 0.734. The van der Waals surface area contributed by atoms with Gasteiger partial charge in [0.05, 0.1) is 5.75 Å². The van der Waals surface area contributed by atoms with E-state index in [4.69, 9.17) is 11.6 Å². The molecule has 1 amide bonds. The van der Waals surface area contributed by atoms with E-state index in [0.29, 0.717) is 10.2 Å². The lowest BCUT2D eigenvalue weighted by atomic mass is 10.1. The molecule has 8 heteroatoms. The highest BCUT2D eigenvalue weighted by atomic mass is 35.5. The summed E-state index contributed by atoms with van der Waals surface area (Å²) in [5.74, 6) is 0.229. The van der Waals surface area contributed by atoms with E-state index in [2.05, 4.69) is 27.8 Å². The fourth-order valence-electron chi connectivity index (χ4n) is 2.68. The monoisotopic (exact) mass is 432 g/mol. The van der Waals surface area contributed by atoms with Crippen LogP contribution in [0.15, 0.2) is 40.7 Å². The zero-order valence-electron chi connectivity index (χ0n) is 15.9. The lowest BCUT2D eigenvalue weighted by Crippen LogP contribution is -2.16. The molecular formula is C20H21ClN4OS2. The Labute approximate surface area is 177 Å². The van der Waals surface area contributed by atoms with Crippen LogP contribution in [0, 0.1) is 13.8 Å². The summed E-state index contributed by atoms with van der Waals surface area (Å²) in [5.41, 5.74) is 4.96. The van der Waals surface area contributed by atoms with Crippen LogP contribution in [0.25, 0.3) is 0 Å². The average Bonchev–Trinajstić information content (AvgIpc) is 3.13. The smallest absolute Gasteiger partial charge is 0.234 e. The van der Waals surface area contributed by atoms with Crippen molar-refractivity contribution in [2.75, 3.05) is 16.4 Å². The van der Waals surface area contributed by atoms with E-state index in [-0.39, 0.29) is 11.7 Å². The van der Waals surface area contributed by atoms with Gasteiger partial charge >= 0.3 is 0 Å². The van der Waals surface area contributed by atoms with E-state index in [1.165, 1.54) is 23.1 Å². The Kier molecular flexibility index (Phi) is 6.93. The van der Waals surface area contributed by atoms with Crippen LogP contribution in [-0.2, 0) is 11.2 Å². The summed E-state index contributed by atoms with van der Waals surface area (Å²) in [4.78, 5) is 12.4. The molecule has 0 bridgehead atoms. The van der Waals surface area contributed by atoms with Gasteiger partial charge in [-0.1, -0.05) is 65.9 Å². The Morgan fingerprint density at radius 3 is 2.75 bits per heavy atom. The standard InChI is InChI=1S/C20H21ClN4OS2/c1-4-14-8-5-7-12(2)18(14)23-17(26)11-27-20-25-24-19(28-20)22-16-10-6-9-15(21)13(16)3/h5-10H,4,11H2,1-3H3,(H,22,24)(H,23,26). The first kappa shape index (κ1) is 20.6. The molecule has 2 aromatic carbocycles. The van der Waals surface area contributed by atoms with Gasteiger partial charge in [0, 0.05) is 16.4 Å². The van der Waals surface area contributed by atoms with E-state index in [0.717, 1.165) is 38.8 Å². The highest BCUT2D eigenvalue weighted by Crippen LogP contribution is 2.31. The Hall–Kier alpha value is -2.09. The van der Waals surface area contributed by atoms with Gasteiger partial charge in [0.1, 0.15) is 0 Å². The summed E-state index contributed by atoms with van der Waals surface area (Å²) >= 11 is 8.93. The van der Waals surface area contributed by atoms with Crippen molar-refractivity contribution >= 4 is 57.1 Å². The largest absolute Gasteiger partial charge is 0.330 e. The van der Waals surface area contributed by atoms with Crippen molar-refractivity contribution in [2.24, 2.45) is 0 Å². The zero-order valence-corrected chi connectivity index (χ0v) is 18.3. The lowest BCUT2D eigenvalue weighted by molar-refractivity contribution is -0.113. The number of halogens is 1. The second-order valence-corrected chi connectivity index (χ2v) is 8.82. The Morgan fingerprint density at radius 1 is 1.18 bits per heavy atom. The zero-order chi connectivity index (χ0) is 20.1. The molecule has 1 heterocycles. The maximum Gasteiger partial charge on any atom is 0.234 e. The maximum atomic E-state index is 12.4. The van der Waals surface area contributed by atoms with Crippen molar-refractivity contribution in [1.29, 1.82) is 0 Å². The number of hydrogen-bond donors (Lipinski definition) is 2. The molecule has 2 N–H and O–H groups in total. The lowest BCUT2D eigenvalue weighted by Gasteiger charge is -2.12. The summed E-state index contributed by atoms with van der Waals surface area (Å²) in [5, 5.41) is 15.9. The molecule has 0 saturated carbocycles. The number of benzene rings is 2. The van der Waals surface area contributed by atoms with E-state index >= 15 is 0 Å². The Balaban J connectivity index is 1.59. The number of hydrogen-bond acceptors (Lipinski definition) is 6. The summed E-state index contributed by atoms with van der Waals surface area (Å²) in [6.45, 7) is 6.03. The van der Waals surface area contributed by atoms with Crippen molar-refractivity contribution in [3.8, 4) is 0 Å². The van der Waals surface area contributed by atoms with Gasteiger partial charge in [-0.25, -0.2) is 0 Å². The van der Waals surface area contributed by atoms with Crippen molar-refractivity contribution in [3.63, 3.8) is 0 Å². The van der Waals surface area contributed by atoms with E-state index in [1.54, 1.807) is 0 Å². The van der Waals surface area contributed by atoms with Gasteiger partial charge in [0.2, 0.25) is 11.0 Å². The van der Waals surface area contributed by atoms with Crippen LogP contribution in [0.1, 0.15) is 23.6 Å². The maximum absolute atomic E-state index is 12.4. The third-order valence-electron chi connectivity index (χ3n) is 4.25. The first-order valence-electron chi connectivity index (χ1n) is 8.84. The number of thioether (sulfide) groups is 1. The van der Waals surface area contributed by atoms with Crippen LogP contribution in [0.2, 0.25) is 5.02 Å². The number of aromatic nitrogens is 2. The SMILES string of the molecule is CCc1cccc(C)c1NC(=O)CSc1nnc(Nc2cccc(Cl)c2C)s1. The second kappa shape index (κ2) is 9.41. The number of carbonyl (C=O) groups excluding carboxylic acids is 1. The highest BCUT2D eigenvalue weighted by molar-refractivity contribution is 8.01. The van der Waals surface area contributed by atoms with E-state index < -0.39 is 0 Å². The number of para-hydroxylation sites is 1. The molecule has 1 aromatic heterocycles. The quantitative estimate of drug-likeness (QED) is 0.458. The molecular weight excluding hydrogens is 412 g/mol. The Bertz CT molecular complexity index is 990. The van der Waals surface area contributed by atoms with Gasteiger partial charge in [0.15, 0.2) is 4.34 Å². The molecule has 5 nitrogen and oxygen atoms in total. The van der Waals surface area contributed by atoms with Gasteiger partial charge in [-0.15, -0.1) is 10.2 Å². The fourth-order valence-corrected chi connectivity index (χ4v) is 4.42. The number of rotatable bonds is 7. The second-order valence-electron chi connectivity index (χ2n) is 6.21. The molecule has 0 spiro atoms. The normalized spacial score (nSPS) is 10.7. The van der Waals surface area contributed by atoms with Crippen LogP contribution in [-0.4, -0.2) is 21.9 Å². The molecule has 0 aliphatic rings. The molecule has 146 valence electrons. The highest BCUT2D eigenvalue weighted by Gasteiger charge is 2.12.